The van der Waals surface area contributed by atoms with Crippen LogP contribution in [0, 0.1) is 0 Å². The van der Waals surface area contributed by atoms with Crippen molar-refractivity contribution in [2.24, 2.45) is 0 Å². The highest BCUT2D eigenvalue weighted by molar-refractivity contribution is 5.76. The van der Waals surface area contributed by atoms with E-state index in [-0.39, 0.29) is 12.2 Å². The number of unbranched alkanes of at least 4 members (excludes halogenated alkanes) is 5. The van der Waals surface area contributed by atoms with E-state index in [4.69, 9.17) is 4.74 Å². The van der Waals surface area contributed by atoms with Gasteiger partial charge < -0.3 is 9.64 Å². The Morgan fingerprint density at radius 1 is 1.06 bits per heavy atom. The molecule has 0 radical (unpaired) electrons. The van der Waals surface area contributed by atoms with Gasteiger partial charge in [-0.3, -0.25) is 4.79 Å². The van der Waals surface area contributed by atoms with E-state index < -0.39 is 0 Å². The van der Waals surface area contributed by atoms with E-state index >= 15 is 0 Å². The molecule has 106 valence electrons. The van der Waals surface area contributed by atoms with Crippen LogP contribution < -0.4 is 0 Å². The molecule has 0 aromatic carbocycles. The van der Waals surface area contributed by atoms with Crippen molar-refractivity contribution in [1.82, 2.24) is 4.90 Å². The lowest BCUT2D eigenvalue weighted by atomic mass is 10.1. The molecule has 3 heteroatoms. The Labute approximate surface area is 112 Å². The first-order valence-corrected chi connectivity index (χ1v) is 7.56. The molecule has 1 amide bonds. The Morgan fingerprint density at radius 3 is 2.22 bits per heavy atom. The van der Waals surface area contributed by atoms with Crippen LogP contribution in [0.2, 0.25) is 0 Å². The standard InChI is InChI=1S/C15H29NO2/c1-4-5-6-7-8-9-10-15(17)16-11-13(2)18-14(3)12-16/h13-14H,4-12H2,1-3H3/t13-,14-/m1/s1. The molecule has 0 N–H and O–H groups in total. The fourth-order valence-corrected chi connectivity index (χ4v) is 2.60. The summed E-state index contributed by atoms with van der Waals surface area (Å²) < 4.78 is 5.64. The average molecular weight is 255 g/mol. The Bertz CT molecular complexity index is 233. The normalized spacial score (nSPS) is 24.3. The summed E-state index contributed by atoms with van der Waals surface area (Å²) in [7, 11) is 0. The van der Waals surface area contributed by atoms with Gasteiger partial charge in [0.2, 0.25) is 5.91 Å². The summed E-state index contributed by atoms with van der Waals surface area (Å²) in [5, 5.41) is 0. The Hall–Kier alpha value is -0.570. The summed E-state index contributed by atoms with van der Waals surface area (Å²) in [5.74, 6) is 0.312. The van der Waals surface area contributed by atoms with Crippen molar-refractivity contribution in [3.05, 3.63) is 0 Å². The molecule has 0 saturated carbocycles. The third-order valence-corrected chi connectivity index (χ3v) is 3.52. The van der Waals surface area contributed by atoms with Crippen molar-refractivity contribution in [3.63, 3.8) is 0 Å². The smallest absolute Gasteiger partial charge is 0.222 e. The maximum absolute atomic E-state index is 12.0. The van der Waals surface area contributed by atoms with Crippen molar-refractivity contribution < 1.29 is 9.53 Å². The maximum atomic E-state index is 12.0. The second-order valence-corrected chi connectivity index (χ2v) is 5.57. The number of carbonyl (C=O) groups excluding carboxylic acids is 1. The molecule has 2 atom stereocenters. The average Bonchev–Trinajstić information content (AvgIpc) is 2.32. The van der Waals surface area contributed by atoms with Gasteiger partial charge in [-0.25, -0.2) is 0 Å². The van der Waals surface area contributed by atoms with Gasteiger partial charge in [-0.05, 0) is 20.3 Å². The zero-order chi connectivity index (χ0) is 13.4. The van der Waals surface area contributed by atoms with Crippen molar-refractivity contribution in [1.29, 1.82) is 0 Å². The number of hydrogen-bond acceptors (Lipinski definition) is 2. The molecule has 0 unspecified atom stereocenters. The highest BCUT2D eigenvalue weighted by atomic mass is 16.5. The van der Waals surface area contributed by atoms with Gasteiger partial charge in [0.15, 0.2) is 0 Å². The van der Waals surface area contributed by atoms with Crippen LogP contribution in [-0.2, 0) is 9.53 Å². The van der Waals surface area contributed by atoms with Gasteiger partial charge in [0, 0.05) is 19.5 Å². The molecule has 0 bridgehead atoms. The van der Waals surface area contributed by atoms with E-state index in [0.717, 1.165) is 19.5 Å². The van der Waals surface area contributed by atoms with E-state index in [0.29, 0.717) is 12.3 Å². The number of amides is 1. The van der Waals surface area contributed by atoms with Crippen molar-refractivity contribution in [2.45, 2.75) is 77.9 Å². The molecular weight excluding hydrogens is 226 g/mol. The minimum absolute atomic E-state index is 0.183. The zero-order valence-electron chi connectivity index (χ0n) is 12.3. The molecule has 0 spiro atoms. The molecule has 0 aliphatic carbocycles. The van der Waals surface area contributed by atoms with E-state index in [1.54, 1.807) is 0 Å². The molecule has 1 aliphatic rings. The van der Waals surface area contributed by atoms with Gasteiger partial charge in [0.05, 0.1) is 12.2 Å². The number of morpholine rings is 1. The number of ether oxygens (including phenoxy) is 1. The highest BCUT2D eigenvalue weighted by Gasteiger charge is 2.25. The lowest BCUT2D eigenvalue weighted by Crippen LogP contribution is -2.48. The molecule has 0 aromatic rings. The van der Waals surface area contributed by atoms with Gasteiger partial charge in [0.1, 0.15) is 0 Å². The molecule has 18 heavy (non-hydrogen) atoms. The summed E-state index contributed by atoms with van der Waals surface area (Å²) >= 11 is 0. The number of rotatable bonds is 7. The molecule has 1 aliphatic heterocycles. The van der Waals surface area contributed by atoms with Gasteiger partial charge in [-0.15, -0.1) is 0 Å². The summed E-state index contributed by atoms with van der Waals surface area (Å²) in [5.41, 5.74) is 0. The molecule has 1 rings (SSSR count). The van der Waals surface area contributed by atoms with Crippen LogP contribution in [0.5, 0.6) is 0 Å². The lowest BCUT2D eigenvalue weighted by Gasteiger charge is -2.35. The summed E-state index contributed by atoms with van der Waals surface area (Å²) in [6.45, 7) is 7.84. The number of nitrogens with zero attached hydrogens (tertiary/aromatic N) is 1. The summed E-state index contributed by atoms with van der Waals surface area (Å²) in [6, 6.07) is 0. The third-order valence-electron chi connectivity index (χ3n) is 3.52. The van der Waals surface area contributed by atoms with Crippen LogP contribution in [0.3, 0.4) is 0 Å². The first kappa shape index (κ1) is 15.5. The Balaban J connectivity index is 2.12. The van der Waals surface area contributed by atoms with Crippen LogP contribution >= 0.6 is 0 Å². The zero-order valence-corrected chi connectivity index (χ0v) is 12.3. The predicted molar refractivity (Wildman–Crippen MR) is 74.6 cm³/mol. The van der Waals surface area contributed by atoms with Crippen molar-refractivity contribution >= 4 is 5.91 Å². The molecular formula is C15H29NO2. The van der Waals surface area contributed by atoms with Crippen LogP contribution in [0.4, 0.5) is 0 Å². The van der Waals surface area contributed by atoms with Crippen molar-refractivity contribution in [2.75, 3.05) is 13.1 Å². The van der Waals surface area contributed by atoms with E-state index in [9.17, 15) is 4.79 Å². The maximum Gasteiger partial charge on any atom is 0.222 e. The van der Waals surface area contributed by atoms with Crippen LogP contribution in [0.25, 0.3) is 0 Å². The SMILES string of the molecule is CCCCCCCCC(=O)N1C[C@@H](C)O[C@H](C)C1. The topological polar surface area (TPSA) is 29.5 Å². The molecule has 1 fully saturated rings. The minimum atomic E-state index is 0.183. The predicted octanol–water partition coefficient (Wildman–Crippen LogP) is 3.37. The second kappa shape index (κ2) is 8.52. The first-order chi connectivity index (χ1) is 8.63. The second-order valence-electron chi connectivity index (χ2n) is 5.57. The van der Waals surface area contributed by atoms with E-state index in [1.807, 2.05) is 18.7 Å². The van der Waals surface area contributed by atoms with E-state index in [2.05, 4.69) is 6.92 Å². The largest absolute Gasteiger partial charge is 0.372 e. The fraction of sp³-hybridized carbons (Fsp3) is 0.933. The quantitative estimate of drug-likeness (QED) is 0.653. The summed E-state index contributed by atoms with van der Waals surface area (Å²) in [6.07, 6.45) is 8.52. The monoisotopic (exact) mass is 255 g/mol. The van der Waals surface area contributed by atoms with Crippen LogP contribution in [0.15, 0.2) is 0 Å². The molecule has 1 saturated heterocycles. The Kier molecular flexibility index (Phi) is 7.33. The third kappa shape index (κ3) is 5.85. The van der Waals surface area contributed by atoms with Gasteiger partial charge >= 0.3 is 0 Å². The molecule has 3 nitrogen and oxygen atoms in total. The number of hydrogen-bond donors (Lipinski definition) is 0. The van der Waals surface area contributed by atoms with Gasteiger partial charge in [0.25, 0.3) is 0 Å². The summed E-state index contributed by atoms with van der Waals surface area (Å²) in [4.78, 5) is 14.0. The van der Waals surface area contributed by atoms with Crippen LogP contribution in [-0.4, -0.2) is 36.1 Å². The van der Waals surface area contributed by atoms with Crippen LogP contribution in [0.1, 0.15) is 65.7 Å². The fourth-order valence-electron chi connectivity index (χ4n) is 2.60. The molecule has 0 aromatic heterocycles. The lowest BCUT2D eigenvalue weighted by molar-refractivity contribution is -0.143. The number of carbonyl (C=O) groups is 1. The Morgan fingerprint density at radius 2 is 1.61 bits per heavy atom. The van der Waals surface area contributed by atoms with E-state index in [1.165, 1.54) is 32.1 Å². The molecule has 1 heterocycles. The van der Waals surface area contributed by atoms with Crippen molar-refractivity contribution in [3.8, 4) is 0 Å². The van der Waals surface area contributed by atoms with Gasteiger partial charge in [-0.2, -0.15) is 0 Å². The highest BCUT2D eigenvalue weighted by Crippen LogP contribution is 2.14. The van der Waals surface area contributed by atoms with Gasteiger partial charge in [-0.1, -0.05) is 39.0 Å². The minimum Gasteiger partial charge on any atom is -0.372 e. The first-order valence-electron chi connectivity index (χ1n) is 7.56.